The van der Waals surface area contributed by atoms with Crippen molar-refractivity contribution < 1.29 is 14.4 Å². The molecule has 0 aliphatic rings. The summed E-state index contributed by atoms with van der Waals surface area (Å²) in [6.07, 6.45) is -0.220. The van der Waals surface area contributed by atoms with E-state index in [-0.39, 0.29) is 6.16 Å². The zero-order valence-corrected chi connectivity index (χ0v) is 16.4. The van der Waals surface area contributed by atoms with Crippen LogP contribution in [0.2, 0.25) is 0 Å². The molecule has 6 heteroatoms. The molecule has 0 aliphatic heterocycles. The van der Waals surface area contributed by atoms with Gasteiger partial charge in [0, 0.05) is 26.2 Å². The number of hydrogen-bond donors (Lipinski definition) is 3. The largest absolute Gasteiger partial charge is 0.329 e. The molecule has 2 aromatic rings. The van der Waals surface area contributed by atoms with Gasteiger partial charge in [0.25, 0.3) is 0 Å². The first-order chi connectivity index (χ1) is 12.3. The van der Waals surface area contributed by atoms with E-state index in [9.17, 15) is 4.57 Å². The van der Waals surface area contributed by atoms with Crippen molar-refractivity contribution in [2.75, 3.05) is 13.1 Å². The molecular formula is C20H29N2O3P. The Balaban J connectivity index is 2.02. The summed E-state index contributed by atoms with van der Waals surface area (Å²) in [6, 6.07) is 16.1. The maximum Gasteiger partial charge on any atom is 0.329 e. The fourth-order valence-electron chi connectivity index (χ4n) is 2.91. The molecule has 0 aromatic heterocycles. The van der Waals surface area contributed by atoms with Gasteiger partial charge in [-0.05, 0) is 28.2 Å². The lowest BCUT2D eigenvalue weighted by Crippen LogP contribution is -2.28. The van der Waals surface area contributed by atoms with E-state index in [1.807, 2.05) is 12.1 Å². The second-order valence-corrected chi connectivity index (χ2v) is 8.68. The van der Waals surface area contributed by atoms with E-state index in [0.29, 0.717) is 18.0 Å². The van der Waals surface area contributed by atoms with Gasteiger partial charge < -0.3 is 15.5 Å². The normalized spacial score (nSPS) is 12.1. The summed E-state index contributed by atoms with van der Waals surface area (Å²) >= 11 is 0. The third-order valence-electron chi connectivity index (χ3n) is 4.32. The summed E-state index contributed by atoms with van der Waals surface area (Å²) in [5, 5.41) is 0. The van der Waals surface area contributed by atoms with Crippen molar-refractivity contribution in [3.05, 3.63) is 70.8 Å². The lowest BCUT2D eigenvalue weighted by Gasteiger charge is -2.22. The SMILES string of the molecule is CC(C)c1ccc(CN(CCN)Cc2ccc(CP(=O)(O)O)cc2)cc1. The van der Waals surface area contributed by atoms with Crippen molar-refractivity contribution >= 4 is 7.60 Å². The molecule has 0 radical (unpaired) electrons. The Kier molecular flexibility index (Phi) is 7.56. The molecule has 5 nitrogen and oxygen atoms in total. The monoisotopic (exact) mass is 376 g/mol. The third-order valence-corrected chi connectivity index (χ3v) is 5.09. The Morgan fingerprint density at radius 1 is 0.923 bits per heavy atom. The molecule has 0 aliphatic carbocycles. The van der Waals surface area contributed by atoms with Crippen LogP contribution in [0.4, 0.5) is 0 Å². The summed E-state index contributed by atoms with van der Waals surface area (Å²) < 4.78 is 11.1. The summed E-state index contributed by atoms with van der Waals surface area (Å²) in [6.45, 7) is 7.31. The van der Waals surface area contributed by atoms with Crippen molar-refractivity contribution in [3.63, 3.8) is 0 Å². The van der Waals surface area contributed by atoms with Crippen LogP contribution in [0.5, 0.6) is 0 Å². The lowest BCUT2D eigenvalue weighted by atomic mass is 10.0. The maximum absolute atomic E-state index is 11.1. The number of benzene rings is 2. The number of nitrogens with zero attached hydrogens (tertiary/aromatic N) is 1. The molecule has 0 heterocycles. The molecule has 0 saturated heterocycles. The van der Waals surface area contributed by atoms with Crippen LogP contribution in [0.3, 0.4) is 0 Å². The van der Waals surface area contributed by atoms with Crippen molar-refractivity contribution in [3.8, 4) is 0 Å². The minimum Gasteiger partial charge on any atom is -0.329 e. The van der Waals surface area contributed by atoms with Gasteiger partial charge in [-0.3, -0.25) is 9.46 Å². The van der Waals surface area contributed by atoms with Gasteiger partial charge in [-0.15, -0.1) is 0 Å². The van der Waals surface area contributed by atoms with Crippen LogP contribution in [-0.4, -0.2) is 27.8 Å². The fourth-order valence-corrected chi connectivity index (χ4v) is 3.60. The summed E-state index contributed by atoms with van der Waals surface area (Å²) in [5.74, 6) is 0.524. The zero-order valence-electron chi connectivity index (χ0n) is 15.5. The first-order valence-corrected chi connectivity index (χ1v) is 10.7. The van der Waals surface area contributed by atoms with Gasteiger partial charge in [0.05, 0.1) is 6.16 Å². The molecule has 0 saturated carbocycles. The van der Waals surface area contributed by atoms with Gasteiger partial charge in [-0.2, -0.15) is 0 Å². The lowest BCUT2D eigenvalue weighted by molar-refractivity contribution is 0.264. The Morgan fingerprint density at radius 2 is 1.38 bits per heavy atom. The van der Waals surface area contributed by atoms with E-state index >= 15 is 0 Å². The third kappa shape index (κ3) is 7.02. The highest BCUT2D eigenvalue weighted by Crippen LogP contribution is 2.38. The van der Waals surface area contributed by atoms with Crippen LogP contribution in [-0.2, 0) is 23.8 Å². The van der Waals surface area contributed by atoms with Crippen molar-refractivity contribution in [2.24, 2.45) is 5.73 Å². The van der Waals surface area contributed by atoms with Crippen molar-refractivity contribution in [1.29, 1.82) is 0 Å². The van der Waals surface area contributed by atoms with E-state index in [0.717, 1.165) is 25.2 Å². The summed E-state index contributed by atoms with van der Waals surface area (Å²) in [7, 11) is -4.03. The highest BCUT2D eigenvalue weighted by atomic mass is 31.2. The Labute approximate surface area is 156 Å². The maximum atomic E-state index is 11.1. The van der Waals surface area contributed by atoms with Crippen LogP contribution < -0.4 is 5.73 Å². The topological polar surface area (TPSA) is 86.8 Å². The predicted molar refractivity (Wildman–Crippen MR) is 106 cm³/mol. The Hall–Kier alpha value is -1.49. The van der Waals surface area contributed by atoms with Crippen LogP contribution >= 0.6 is 7.60 Å². The summed E-state index contributed by atoms with van der Waals surface area (Å²) in [5.41, 5.74) is 10.1. The Bertz CT molecular complexity index is 724. The molecule has 0 fully saturated rings. The Morgan fingerprint density at radius 3 is 1.81 bits per heavy atom. The molecule has 0 amide bonds. The average molecular weight is 376 g/mol. The van der Waals surface area contributed by atoms with Gasteiger partial charge >= 0.3 is 7.60 Å². The molecule has 0 spiro atoms. The molecular weight excluding hydrogens is 347 g/mol. The number of nitrogens with two attached hydrogens (primary N) is 1. The first-order valence-electron chi connectivity index (χ1n) is 8.90. The van der Waals surface area contributed by atoms with E-state index in [1.165, 1.54) is 11.1 Å². The van der Waals surface area contributed by atoms with Crippen LogP contribution in [0, 0.1) is 0 Å². The molecule has 0 unspecified atom stereocenters. The van der Waals surface area contributed by atoms with E-state index in [2.05, 4.69) is 43.0 Å². The number of rotatable bonds is 9. The van der Waals surface area contributed by atoms with Gasteiger partial charge in [-0.1, -0.05) is 62.4 Å². The summed E-state index contributed by atoms with van der Waals surface area (Å²) in [4.78, 5) is 20.4. The van der Waals surface area contributed by atoms with Crippen LogP contribution in [0.25, 0.3) is 0 Å². The van der Waals surface area contributed by atoms with Crippen molar-refractivity contribution in [1.82, 2.24) is 4.90 Å². The average Bonchev–Trinajstić information content (AvgIpc) is 2.56. The predicted octanol–water partition coefficient (Wildman–Crippen LogP) is 3.45. The standard InChI is InChI=1S/C20H29N2O3P/c1-16(2)20-9-7-18(8-10-20)14-22(12-11-21)13-17-3-5-19(6-4-17)15-26(23,24)25/h3-10,16H,11-15,21H2,1-2H3,(H2,23,24,25). The minimum atomic E-state index is -4.03. The molecule has 2 rings (SSSR count). The molecule has 142 valence electrons. The van der Waals surface area contributed by atoms with Crippen LogP contribution in [0.15, 0.2) is 48.5 Å². The second-order valence-electron chi connectivity index (χ2n) is 7.03. The quantitative estimate of drug-likeness (QED) is 0.584. The van der Waals surface area contributed by atoms with Gasteiger partial charge in [0.1, 0.15) is 0 Å². The molecule has 2 aromatic carbocycles. The highest BCUT2D eigenvalue weighted by Gasteiger charge is 2.14. The van der Waals surface area contributed by atoms with Gasteiger partial charge in [-0.25, -0.2) is 0 Å². The molecule has 4 N–H and O–H groups in total. The van der Waals surface area contributed by atoms with Gasteiger partial charge in [0.15, 0.2) is 0 Å². The second kappa shape index (κ2) is 9.45. The van der Waals surface area contributed by atoms with E-state index in [4.69, 9.17) is 15.5 Å². The molecule has 0 bridgehead atoms. The fraction of sp³-hybridized carbons (Fsp3) is 0.400. The molecule has 26 heavy (non-hydrogen) atoms. The van der Waals surface area contributed by atoms with E-state index in [1.54, 1.807) is 12.1 Å². The zero-order chi connectivity index (χ0) is 19.2. The highest BCUT2D eigenvalue weighted by molar-refractivity contribution is 7.50. The van der Waals surface area contributed by atoms with Crippen LogP contribution in [0.1, 0.15) is 42.0 Å². The minimum absolute atomic E-state index is 0.220. The number of hydrogen-bond acceptors (Lipinski definition) is 3. The van der Waals surface area contributed by atoms with Crippen molar-refractivity contribution in [2.45, 2.75) is 39.0 Å². The molecule has 0 atom stereocenters. The first kappa shape index (κ1) is 20.8. The van der Waals surface area contributed by atoms with E-state index < -0.39 is 7.60 Å². The smallest absolute Gasteiger partial charge is 0.329 e. The van der Waals surface area contributed by atoms with Gasteiger partial charge in [0.2, 0.25) is 0 Å².